The van der Waals surface area contributed by atoms with Crippen molar-refractivity contribution in [3.63, 3.8) is 0 Å². The summed E-state index contributed by atoms with van der Waals surface area (Å²) in [4.78, 5) is 25.2. The summed E-state index contributed by atoms with van der Waals surface area (Å²) in [6, 6.07) is 45.7. The Morgan fingerprint density at radius 1 is 0.519 bits per heavy atom. The van der Waals surface area contributed by atoms with Gasteiger partial charge in [0.25, 0.3) is 0 Å². The van der Waals surface area contributed by atoms with Gasteiger partial charge in [-0.25, -0.2) is 15.0 Å². The quantitative estimate of drug-likeness (QED) is 0.188. The number of allylic oxidation sites excluding steroid dienone is 1. The maximum atomic E-state index is 5.29. The number of fused-ring (bicyclic) bond motifs is 12. The van der Waals surface area contributed by atoms with Crippen LogP contribution in [0.1, 0.15) is 52.8 Å². The molecule has 5 nitrogen and oxygen atoms in total. The summed E-state index contributed by atoms with van der Waals surface area (Å²) < 4.78 is 0. The molecule has 3 aromatic heterocycles. The van der Waals surface area contributed by atoms with Gasteiger partial charge in [0.2, 0.25) is 0 Å². The second-order valence-electron chi connectivity index (χ2n) is 14.0. The van der Waals surface area contributed by atoms with E-state index in [4.69, 9.17) is 19.9 Å². The molecule has 0 aliphatic heterocycles. The van der Waals surface area contributed by atoms with Gasteiger partial charge in [-0.15, -0.1) is 0 Å². The average molecular weight is 666 g/mol. The summed E-state index contributed by atoms with van der Waals surface area (Å²) in [5.74, 6) is 2.20. The predicted molar refractivity (Wildman–Crippen MR) is 208 cm³/mol. The van der Waals surface area contributed by atoms with Gasteiger partial charge in [0.15, 0.2) is 17.5 Å². The fraction of sp³-hybridized carbons (Fsp3) is 0.0851. The van der Waals surface area contributed by atoms with Crippen LogP contribution in [0.4, 0.5) is 0 Å². The number of hydrogen-bond donors (Lipinski definition) is 0. The van der Waals surface area contributed by atoms with Gasteiger partial charge < -0.3 is 0 Å². The Hall–Kier alpha value is -6.59. The normalized spacial score (nSPS) is 15.6. The lowest BCUT2D eigenvalue weighted by atomic mass is 9.70. The number of pyridine rings is 2. The van der Waals surface area contributed by atoms with Gasteiger partial charge in [-0.3, -0.25) is 9.97 Å². The molecule has 5 aromatic carbocycles. The Balaban J connectivity index is 1.19. The van der Waals surface area contributed by atoms with E-state index >= 15 is 0 Å². The van der Waals surface area contributed by atoms with Gasteiger partial charge in [-0.05, 0) is 75.2 Å². The van der Waals surface area contributed by atoms with Crippen molar-refractivity contribution < 1.29 is 0 Å². The lowest BCUT2D eigenvalue weighted by Crippen LogP contribution is -2.25. The first-order valence-electron chi connectivity index (χ1n) is 17.9. The SMILES string of the molecule is CC1CC=Cc2c(-c3nc(-c4ccc5c(c4)C4(c6ccccc6-c6ccccc64)c4ccccc4-5)nc(-c4ccnc5ccccc45)n3)ccnc21. The first-order chi connectivity index (χ1) is 25.7. The van der Waals surface area contributed by atoms with Crippen molar-refractivity contribution >= 4 is 17.0 Å². The highest BCUT2D eigenvalue weighted by Gasteiger charge is 2.51. The van der Waals surface area contributed by atoms with E-state index in [1.54, 1.807) is 0 Å². The van der Waals surface area contributed by atoms with Crippen molar-refractivity contribution in [3.8, 4) is 56.4 Å². The van der Waals surface area contributed by atoms with Crippen LogP contribution in [-0.4, -0.2) is 24.9 Å². The van der Waals surface area contributed by atoms with Crippen molar-refractivity contribution in [2.24, 2.45) is 0 Å². The number of aromatic nitrogens is 5. The minimum atomic E-state index is -0.458. The van der Waals surface area contributed by atoms with Gasteiger partial charge in [-0.2, -0.15) is 0 Å². The van der Waals surface area contributed by atoms with Gasteiger partial charge in [0.05, 0.1) is 16.6 Å². The van der Waals surface area contributed by atoms with Crippen LogP contribution in [0.5, 0.6) is 0 Å². The van der Waals surface area contributed by atoms with Crippen LogP contribution >= 0.6 is 0 Å². The molecule has 3 aliphatic rings. The van der Waals surface area contributed by atoms with Crippen LogP contribution in [-0.2, 0) is 5.41 Å². The fourth-order valence-corrected chi connectivity index (χ4v) is 9.02. The number of hydrogen-bond acceptors (Lipinski definition) is 5. The summed E-state index contributed by atoms with van der Waals surface area (Å²) in [6.45, 7) is 2.23. The molecular weight excluding hydrogens is 635 g/mol. The molecule has 1 unspecified atom stereocenters. The Kier molecular flexibility index (Phi) is 6.14. The van der Waals surface area contributed by atoms with E-state index in [0.29, 0.717) is 23.4 Å². The smallest absolute Gasteiger partial charge is 0.164 e. The lowest BCUT2D eigenvalue weighted by molar-refractivity contribution is 0.740. The zero-order valence-corrected chi connectivity index (χ0v) is 28.5. The highest BCUT2D eigenvalue weighted by atomic mass is 15.0. The van der Waals surface area contributed by atoms with Crippen molar-refractivity contribution in [3.05, 3.63) is 179 Å². The van der Waals surface area contributed by atoms with Gasteiger partial charge in [0.1, 0.15) is 0 Å². The summed E-state index contributed by atoms with van der Waals surface area (Å²) in [6.07, 6.45) is 9.09. The molecule has 0 radical (unpaired) electrons. The third kappa shape index (κ3) is 3.96. The molecule has 244 valence electrons. The Bertz CT molecular complexity index is 2750. The zero-order chi connectivity index (χ0) is 34.4. The second kappa shape index (κ2) is 11.0. The highest BCUT2D eigenvalue weighted by molar-refractivity contribution is 5.96. The summed E-state index contributed by atoms with van der Waals surface area (Å²) >= 11 is 0. The molecule has 0 N–H and O–H groups in total. The molecule has 0 saturated heterocycles. The van der Waals surface area contributed by atoms with E-state index < -0.39 is 5.41 Å². The zero-order valence-electron chi connectivity index (χ0n) is 28.5. The predicted octanol–water partition coefficient (Wildman–Crippen LogP) is 10.7. The Labute approximate surface area is 301 Å². The molecule has 5 heteroatoms. The van der Waals surface area contributed by atoms with Crippen LogP contribution in [0.25, 0.3) is 73.4 Å². The molecule has 8 aromatic rings. The Morgan fingerprint density at radius 3 is 1.83 bits per heavy atom. The van der Waals surface area contributed by atoms with Crippen LogP contribution in [0.2, 0.25) is 0 Å². The Morgan fingerprint density at radius 2 is 1.10 bits per heavy atom. The van der Waals surface area contributed by atoms with Gasteiger partial charge in [0, 0.05) is 46.0 Å². The molecule has 0 fully saturated rings. The molecular formula is C47H31N5. The number of nitrogens with zero attached hydrogens (tertiary/aromatic N) is 5. The standard InChI is InChI=1S/C47H31N5/c1-28-11-10-16-35-37(24-26-49-43(28)35)46-51-44(50-45(52-46)36-23-25-48-42-20-9-5-15-34(36)42)29-21-22-33-32-14-4-8-19-40(32)47(41(33)27-29)38-17-6-2-12-30(38)31-13-3-7-18-39(31)47/h2-10,12-28H,11H2,1H3. The second-order valence-corrected chi connectivity index (χ2v) is 14.0. The molecule has 11 rings (SSSR count). The molecule has 1 atom stereocenters. The minimum Gasteiger partial charge on any atom is -0.260 e. The molecule has 52 heavy (non-hydrogen) atoms. The van der Waals surface area contributed by atoms with E-state index in [1.165, 1.54) is 44.5 Å². The van der Waals surface area contributed by atoms with Crippen molar-refractivity contribution in [1.82, 2.24) is 24.9 Å². The third-order valence-electron chi connectivity index (χ3n) is 11.3. The van der Waals surface area contributed by atoms with Crippen molar-refractivity contribution in [2.45, 2.75) is 24.7 Å². The van der Waals surface area contributed by atoms with E-state index in [0.717, 1.165) is 45.3 Å². The van der Waals surface area contributed by atoms with Gasteiger partial charge in [-0.1, -0.05) is 122 Å². The van der Waals surface area contributed by atoms with Crippen LogP contribution < -0.4 is 0 Å². The average Bonchev–Trinajstić information content (AvgIpc) is 3.67. The highest BCUT2D eigenvalue weighted by Crippen LogP contribution is 2.63. The van der Waals surface area contributed by atoms with E-state index in [1.807, 2.05) is 42.7 Å². The van der Waals surface area contributed by atoms with Crippen LogP contribution in [0.15, 0.2) is 146 Å². The first kappa shape index (κ1) is 29.2. The number of para-hydroxylation sites is 1. The first-order valence-corrected chi connectivity index (χ1v) is 17.9. The third-order valence-corrected chi connectivity index (χ3v) is 11.3. The van der Waals surface area contributed by atoms with Crippen molar-refractivity contribution in [2.75, 3.05) is 0 Å². The maximum Gasteiger partial charge on any atom is 0.164 e. The minimum absolute atomic E-state index is 0.316. The molecule has 3 aliphatic carbocycles. The molecule has 0 bridgehead atoms. The number of rotatable bonds is 3. The van der Waals surface area contributed by atoms with E-state index in [9.17, 15) is 0 Å². The van der Waals surface area contributed by atoms with Crippen LogP contribution in [0, 0.1) is 0 Å². The largest absolute Gasteiger partial charge is 0.260 e. The number of benzene rings is 5. The summed E-state index contributed by atoms with van der Waals surface area (Å²) in [7, 11) is 0. The summed E-state index contributed by atoms with van der Waals surface area (Å²) in [5.41, 5.74) is 15.7. The molecule has 3 heterocycles. The monoisotopic (exact) mass is 665 g/mol. The molecule has 0 amide bonds. The fourth-order valence-electron chi connectivity index (χ4n) is 9.02. The van der Waals surface area contributed by atoms with Crippen molar-refractivity contribution in [1.29, 1.82) is 0 Å². The van der Waals surface area contributed by atoms with E-state index in [-0.39, 0.29) is 0 Å². The lowest BCUT2D eigenvalue weighted by Gasteiger charge is -2.30. The maximum absolute atomic E-state index is 5.29. The summed E-state index contributed by atoms with van der Waals surface area (Å²) in [5, 5.41) is 1.00. The van der Waals surface area contributed by atoms with E-state index in [2.05, 4.69) is 121 Å². The molecule has 1 spiro atoms. The topological polar surface area (TPSA) is 64.5 Å². The van der Waals surface area contributed by atoms with Gasteiger partial charge >= 0.3 is 0 Å². The molecule has 0 saturated carbocycles. The van der Waals surface area contributed by atoms with Crippen LogP contribution in [0.3, 0.4) is 0 Å².